The molecule has 0 saturated heterocycles. The third-order valence-corrected chi connectivity index (χ3v) is 36.6. The van der Waals surface area contributed by atoms with Crippen LogP contribution in [0.15, 0.2) is 167 Å². The van der Waals surface area contributed by atoms with Gasteiger partial charge >= 0.3 is 53.5 Å². The van der Waals surface area contributed by atoms with E-state index >= 15 is 0 Å². The first-order valence-electron chi connectivity index (χ1n) is 23.1. The fourth-order valence-electron chi connectivity index (χ4n) is 8.89. The fourth-order valence-corrected chi connectivity index (χ4v) is 11.2. The summed E-state index contributed by atoms with van der Waals surface area (Å²) in [5.41, 5.74) is 10.2. The van der Waals surface area contributed by atoms with Gasteiger partial charge in [0.1, 0.15) is 0 Å². The van der Waals surface area contributed by atoms with Crippen LogP contribution >= 0.6 is 17.0 Å². The molecule has 66 heavy (non-hydrogen) atoms. The van der Waals surface area contributed by atoms with Crippen molar-refractivity contribution in [3.05, 3.63) is 169 Å². The SMILES string of the molecule is CCc1ccc2[cH-]c(-c3occ4ccccc34)cc2c1-c1ccc([Si](C)(C)C)cc1.CCc1ccc2[cH-]c(-c3occ4ccccc34)cc2c1-c1ccc([Si](C)(C)C)cc1.C[Si](C)=[Zr]([Cl])[Cl]. The Hall–Kier alpha value is -4.27. The number of halogens is 2. The molecule has 0 aliphatic heterocycles. The Morgan fingerprint density at radius 1 is 0.500 bits per heavy atom. The van der Waals surface area contributed by atoms with Crippen LogP contribution in [0.3, 0.4) is 0 Å². The van der Waals surface area contributed by atoms with Gasteiger partial charge in [-0.3, -0.25) is 0 Å². The third-order valence-electron chi connectivity index (χ3n) is 12.7. The number of benzene rings is 6. The van der Waals surface area contributed by atoms with E-state index in [4.69, 9.17) is 25.9 Å². The summed E-state index contributed by atoms with van der Waals surface area (Å²) in [7, 11) is 8.63. The van der Waals surface area contributed by atoms with Gasteiger partial charge in [-0.1, -0.05) is 195 Å². The van der Waals surface area contributed by atoms with Crippen molar-refractivity contribution < 1.29 is 26.8 Å². The Morgan fingerprint density at radius 3 is 1.20 bits per heavy atom. The molecule has 0 fully saturated rings. The van der Waals surface area contributed by atoms with Crippen LogP contribution in [0.5, 0.6) is 0 Å². The molecule has 10 aromatic rings. The average Bonchev–Trinajstić information content (AvgIpc) is 4.13. The molecule has 0 spiro atoms. The predicted octanol–water partition coefficient (Wildman–Crippen LogP) is 17.7. The monoisotopic (exact) mass is 1030 g/mol. The summed E-state index contributed by atoms with van der Waals surface area (Å²) in [6.45, 7) is 23.2. The zero-order valence-corrected chi connectivity index (χ0v) is 47.0. The third kappa shape index (κ3) is 10.3. The van der Waals surface area contributed by atoms with Crippen molar-refractivity contribution in [1.82, 2.24) is 0 Å². The Labute approximate surface area is 408 Å². The van der Waals surface area contributed by atoms with Gasteiger partial charge in [-0.2, -0.15) is 0 Å². The van der Waals surface area contributed by atoms with Crippen LogP contribution in [0, 0.1) is 0 Å². The van der Waals surface area contributed by atoms with Gasteiger partial charge in [0.15, 0.2) is 0 Å². The molecular formula is C58H60Cl2O2Si3Zr-2. The number of rotatable bonds is 8. The maximum atomic E-state index is 5.99. The molecule has 0 amide bonds. The summed E-state index contributed by atoms with van der Waals surface area (Å²) in [6, 6.07) is 53.6. The molecule has 10 rings (SSSR count). The number of aryl methyl sites for hydroxylation is 2. The van der Waals surface area contributed by atoms with Crippen LogP contribution in [0.1, 0.15) is 25.0 Å². The summed E-state index contributed by atoms with van der Waals surface area (Å²) in [5, 5.41) is 12.8. The molecule has 0 aliphatic carbocycles. The second-order valence-electron chi connectivity index (χ2n) is 19.6. The van der Waals surface area contributed by atoms with E-state index in [1.54, 1.807) is 0 Å². The summed E-state index contributed by atoms with van der Waals surface area (Å²) < 4.78 is 12.0. The molecule has 2 aromatic heterocycles. The second-order valence-corrected chi connectivity index (χ2v) is 52.8. The van der Waals surface area contributed by atoms with Crippen molar-refractivity contribution in [2.45, 2.75) is 79.1 Å². The number of hydrogen-bond donors (Lipinski definition) is 0. The zero-order valence-electron chi connectivity index (χ0n) is 40.0. The normalized spacial score (nSPS) is 11.8. The molecule has 8 heteroatoms. The van der Waals surface area contributed by atoms with Crippen LogP contribution in [0.4, 0.5) is 0 Å². The van der Waals surface area contributed by atoms with Gasteiger partial charge in [-0.25, -0.2) is 0 Å². The molecule has 0 saturated carbocycles. The van der Waals surface area contributed by atoms with Crippen LogP contribution in [0.2, 0.25) is 52.4 Å². The van der Waals surface area contributed by atoms with Gasteiger partial charge in [0.05, 0.1) is 40.2 Å². The topological polar surface area (TPSA) is 26.3 Å². The minimum absolute atomic E-state index is 0.224. The molecule has 0 N–H and O–H groups in total. The number of fused-ring (bicyclic) bond motifs is 4. The first-order chi connectivity index (χ1) is 31.5. The van der Waals surface area contributed by atoms with Crippen molar-refractivity contribution in [1.29, 1.82) is 0 Å². The number of furan rings is 2. The molecule has 8 aromatic carbocycles. The summed E-state index contributed by atoms with van der Waals surface area (Å²) in [5.74, 6) is 1.92. The predicted molar refractivity (Wildman–Crippen MR) is 294 cm³/mol. The molecular weight excluding hydrogens is 975 g/mol. The molecule has 2 heterocycles. The van der Waals surface area contributed by atoms with E-state index in [-0.39, 0.29) is 5.43 Å². The van der Waals surface area contributed by atoms with E-state index < -0.39 is 34.1 Å². The summed E-state index contributed by atoms with van der Waals surface area (Å²) >= 11 is -1.65. The van der Waals surface area contributed by atoms with Crippen molar-refractivity contribution in [3.63, 3.8) is 0 Å². The number of hydrogen-bond acceptors (Lipinski definition) is 2. The minimum atomic E-state index is -1.65. The van der Waals surface area contributed by atoms with E-state index in [0.29, 0.717) is 0 Å². The zero-order chi connectivity index (χ0) is 46.9. The van der Waals surface area contributed by atoms with Crippen LogP contribution in [-0.2, 0) is 30.8 Å². The Kier molecular flexibility index (Phi) is 14.7. The van der Waals surface area contributed by atoms with Gasteiger partial charge in [0, 0.05) is 10.8 Å². The fraction of sp³-hybridized carbons (Fsp3) is 0.207. The Balaban J connectivity index is 0.000000160. The van der Waals surface area contributed by atoms with E-state index in [0.717, 1.165) is 46.3 Å². The van der Waals surface area contributed by atoms with Crippen molar-refractivity contribution in [2.24, 2.45) is 0 Å². The van der Waals surface area contributed by atoms with E-state index in [2.05, 4.69) is 212 Å². The molecule has 0 bridgehead atoms. The van der Waals surface area contributed by atoms with Crippen molar-refractivity contribution in [2.75, 3.05) is 0 Å². The Morgan fingerprint density at radius 2 is 0.864 bits per heavy atom. The molecule has 336 valence electrons. The Bertz CT molecular complexity index is 3100. The maximum absolute atomic E-state index is 5.99. The first kappa shape index (κ1) is 48.2. The van der Waals surface area contributed by atoms with Gasteiger partial charge in [-0.05, 0) is 45.9 Å². The van der Waals surface area contributed by atoms with E-state index in [9.17, 15) is 0 Å². The molecule has 0 radical (unpaired) electrons. The second kappa shape index (κ2) is 20.1. The van der Waals surface area contributed by atoms with Crippen LogP contribution in [0.25, 0.3) is 88.0 Å². The van der Waals surface area contributed by atoms with E-state index in [1.807, 2.05) is 12.5 Å². The molecule has 2 nitrogen and oxygen atoms in total. The van der Waals surface area contributed by atoms with Gasteiger partial charge in [-0.15, -0.1) is 57.9 Å². The van der Waals surface area contributed by atoms with Gasteiger partial charge < -0.3 is 8.83 Å². The van der Waals surface area contributed by atoms with E-state index in [1.165, 1.54) is 76.1 Å². The molecule has 0 aliphatic rings. The van der Waals surface area contributed by atoms with Gasteiger partial charge in [0.2, 0.25) is 0 Å². The first-order valence-corrected chi connectivity index (χ1v) is 42.7. The van der Waals surface area contributed by atoms with Crippen molar-refractivity contribution in [3.8, 4) is 44.9 Å². The summed E-state index contributed by atoms with van der Waals surface area (Å²) in [6.07, 6.45) is 5.75. The quantitative estimate of drug-likeness (QED) is 0.112. The average molecular weight is 1040 g/mol. The van der Waals surface area contributed by atoms with Crippen molar-refractivity contribution >= 4 is 92.1 Å². The van der Waals surface area contributed by atoms with Crippen LogP contribution in [-0.4, -0.2) is 21.6 Å². The van der Waals surface area contributed by atoms with Gasteiger partial charge in [0.25, 0.3) is 0 Å². The summed E-state index contributed by atoms with van der Waals surface area (Å²) in [4.78, 5) is 0. The molecule has 0 unspecified atom stereocenters. The standard InChI is InChI=1S/2C28H27OSi.C2H6Si.2ClH.Zr/c2*1-5-19-10-11-21-16-23(28-25-9-7-6-8-22(25)18-29-28)17-26(21)27(19)20-12-14-24(15-13-20)30(2,3)4;1-3-2;;;/h2*6-18H,5H2,1-4H3;1-2H3;2*1H;/q2*-1;;;;+2/p-2. The van der Waals surface area contributed by atoms with Crippen LogP contribution < -0.4 is 10.4 Å². The molecule has 0 atom stereocenters.